The zero-order valence-electron chi connectivity index (χ0n) is 15.4. The van der Waals surface area contributed by atoms with E-state index in [4.69, 9.17) is 4.74 Å². The highest BCUT2D eigenvalue weighted by molar-refractivity contribution is 5.10. The molecule has 5 atom stereocenters. The molecule has 2 aliphatic carbocycles. The van der Waals surface area contributed by atoms with Gasteiger partial charge in [-0.2, -0.15) is 0 Å². The normalized spacial score (nSPS) is 51.0. The molecular weight excluding hydrogens is 272 g/mol. The quantitative estimate of drug-likeness (QED) is 0.783. The number of hydrogen-bond donors (Lipinski definition) is 1. The molecule has 0 aromatic carbocycles. The number of ether oxygens (including phenoxy) is 1. The largest absolute Gasteiger partial charge is 0.396 e. The van der Waals surface area contributed by atoms with Crippen molar-refractivity contribution in [1.29, 1.82) is 0 Å². The average molecular weight is 309 g/mol. The van der Waals surface area contributed by atoms with Crippen LogP contribution in [0.2, 0.25) is 0 Å². The van der Waals surface area contributed by atoms with Crippen LogP contribution in [0, 0.1) is 22.7 Å². The fourth-order valence-electron chi connectivity index (χ4n) is 6.84. The predicted molar refractivity (Wildman–Crippen MR) is 90.8 cm³/mol. The van der Waals surface area contributed by atoms with Gasteiger partial charge >= 0.3 is 0 Å². The van der Waals surface area contributed by atoms with Crippen molar-refractivity contribution in [3.8, 4) is 0 Å². The molecule has 0 spiro atoms. The molecule has 1 heterocycles. The minimum atomic E-state index is -0.118. The minimum absolute atomic E-state index is 0.0147. The van der Waals surface area contributed by atoms with Gasteiger partial charge in [-0.05, 0) is 81.5 Å². The van der Waals surface area contributed by atoms with Gasteiger partial charge in [0.1, 0.15) is 0 Å². The maximum atomic E-state index is 9.39. The van der Waals surface area contributed by atoms with E-state index in [1.54, 1.807) is 0 Å². The molecule has 1 N–H and O–H groups in total. The fraction of sp³-hybridized carbons (Fsp3) is 1.00. The molecule has 0 radical (unpaired) electrons. The lowest BCUT2D eigenvalue weighted by Crippen LogP contribution is -2.62. The molecule has 2 heteroatoms. The first-order valence-electron chi connectivity index (χ1n) is 9.46. The van der Waals surface area contributed by atoms with Crippen LogP contribution in [0.3, 0.4) is 0 Å². The smallest absolute Gasteiger partial charge is 0.0695 e. The summed E-state index contributed by atoms with van der Waals surface area (Å²) in [7, 11) is 0. The summed E-state index contributed by atoms with van der Waals surface area (Å²) in [5.74, 6) is 1.53. The number of hydrogen-bond acceptors (Lipinski definition) is 2. The lowest BCUT2D eigenvalue weighted by Gasteiger charge is -2.65. The van der Waals surface area contributed by atoms with E-state index in [0.717, 1.165) is 18.8 Å². The summed E-state index contributed by atoms with van der Waals surface area (Å²) in [4.78, 5) is 0. The lowest BCUT2D eigenvalue weighted by molar-refractivity contribution is -0.267. The van der Waals surface area contributed by atoms with Crippen molar-refractivity contribution in [2.24, 2.45) is 22.7 Å². The van der Waals surface area contributed by atoms with Crippen molar-refractivity contribution in [1.82, 2.24) is 0 Å². The van der Waals surface area contributed by atoms with Gasteiger partial charge in [0.2, 0.25) is 0 Å². The Morgan fingerprint density at radius 2 is 1.59 bits per heavy atom. The Morgan fingerprint density at radius 3 is 2.27 bits per heavy atom. The number of rotatable bonds is 2. The van der Waals surface area contributed by atoms with Gasteiger partial charge < -0.3 is 9.84 Å². The highest BCUT2D eigenvalue weighted by Gasteiger charge is 2.61. The van der Waals surface area contributed by atoms with Crippen LogP contribution in [0.25, 0.3) is 0 Å². The Bertz CT molecular complexity index is 431. The minimum Gasteiger partial charge on any atom is -0.396 e. The summed E-state index contributed by atoms with van der Waals surface area (Å²) in [6, 6.07) is 0. The Morgan fingerprint density at radius 1 is 0.909 bits per heavy atom. The molecule has 3 fully saturated rings. The van der Waals surface area contributed by atoms with Crippen LogP contribution in [-0.2, 0) is 4.74 Å². The Balaban J connectivity index is 1.89. The highest BCUT2D eigenvalue weighted by atomic mass is 16.5. The van der Waals surface area contributed by atoms with E-state index < -0.39 is 0 Å². The molecule has 0 aromatic heterocycles. The van der Waals surface area contributed by atoms with Crippen LogP contribution < -0.4 is 0 Å². The molecule has 22 heavy (non-hydrogen) atoms. The second kappa shape index (κ2) is 5.21. The fourth-order valence-corrected chi connectivity index (χ4v) is 6.84. The number of aliphatic hydroxyl groups excluding tert-OH is 1. The van der Waals surface area contributed by atoms with E-state index in [1.807, 2.05) is 0 Å². The first kappa shape index (κ1) is 16.8. The molecule has 0 bridgehead atoms. The predicted octanol–water partition coefficient (Wildman–Crippen LogP) is 4.94. The van der Waals surface area contributed by atoms with Crippen LogP contribution in [0.4, 0.5) is 0 Å². The highest BCUT2D eigenvalue weighted by Crippen LogP contribution is 2.65. The zero-order valence-corrected chi connectivity index (χ0v) is 15.4. The Labute approximate surface area is 137 Å². The second-order valence-corrected chi connectivity index (χ2v) is 9.87. The number of aliphatic hydroxyl groups is 1. The number of fused-ring (bicyclic) bond motifs is 3. The first-order chi connectivity index (χ1) is 10.2. The van der Waals surface area contributed by atoms with Crippen molar-refractivity contribution >= 4 is 0 Å². The average Bonchev–Trinajstić information content (AvgIpc) is 2.36. The summed E-state index contributed by atoms with van der Waals surface area (Å²) in [6.07, 6.45) is 9.81. The van der Waals surface area contributed by atoms with E-state index >= 15 is 0 Å². The van der Waals surface area contributed by atoms with E-state index in [9.17, 15) is 5.11 Å². The molecule has 0 aromatic rings. The van der Waals surface area contributed by atoms with Gasteiger partial charge in [0.05, 0.1) is 11.2 Å². The third-order valence-electron chi connectivity index (χ3n) is 7.82. The van der Waals surface area contributed by atoms with Crippen molar-refractivity contribution in [3.05, 3.63) is 0 Å². The van der Waals surface area contributed by atoms with E-state index in [1.165, 1.54) is 38.5 Å². The van der Waals surface area contributed by atoms with E-state index in [-0.39, 0.29) is 17.8 Å². The second-order valence-electron chi connectivity index (χ2n) is 9.87. The van der Waals surface area contributed by atoms with Crippen molar-refractivity contribution in [3.63, 3.8) is 0 Å². The van der Waals surface area contributed by atoms with Gasteiger partial charge in [-0.15, -0.1) is 0 Å². The molecular formula is C20H36O2. The molecule has 3 aliphatic rings. The van der Waals surface area contributed by atoms with Crippen molar-refractivity contribution in [2.45, 2.75) is 97.2 Å². The van der Waals surface area contributed by atoms with E-state index in [2.05, 4.69) is 34.6 Å². The molecule has 0 amide bonds. The van der Waals surface area contributed by atoms with Gasteiger partial charge in [0, 0.05) is 6.61 Å². The van der Waals surface area contributed by atoms with Crippen LogP contribution in [0.5, 0.6) is 0 Å². The molecule has 2 nitrogen and oxygen atoms in total. The molecule has 1 aliphatic heterocycles. The standard InChI is InChI=1S/C20H36O2/c1-17(2)9-6-10-19(4)15(17)8-12-20(5)16(19)7-11-18(3,22-20)13-14-21/h15-16,21H,6-14H2,1-5H3/t15-,16-,18+,19+,20-/m0/s1. The van der Waals surface area contributed by atoms with Gasteiger partial charge in [0.25, 0.3) is 0 Å². The summed E-state index contributed by atoms with van der Waals surface area (Å²) in [5, 5.41) is 9.39. The molecule has 128 valence electrons. The van der Waals surface area contributed by atoms with Gasteiger partial charge in [-0.25, -0.2) is 0 Å². The summed E-state index contributed by atoms with van der Waals surface area (Å²) < 4.78 is 6.73. The first-order valence-corrected chi connectivity index (χ1v) is 9.46. The monoisotopic (exact) mass is 308 g/mol. The topological polar surface area (TPSA) is 29.5 Å². The zero-order chi connectivity index (χ0) is 16.2. The van der Waals surface area contributed by atoms with Gasteiger partial charge in [-0.1, -0.05) is 27.2 Å². The third kappa shape index (κ3) is 2.45. The van der Waals surface area contributed by atoms with Crippen molar-refractivity contribution < 1.29 is 9.84 Å². The van der Waals surface area contributed by atoms with Crippen LogP contribution in [-0.4, -0.2) is 22.9 Å². The molecule has 2 saturated carbocycles. The summed E-state index contributed by atoms with van der Waals surface area (Å²) >= 11 is 0. The lowest BCUT2D eigenvalue weighted by atomic mass is 9.44. The van der Waals surface area contributed by atoms with Gasteiger partial charge in [-0.3, -0.25) is 0 Å². The van der Waals surface area contributed by atoms with E-state index in [0.29, 0.717) is 16.7 Å². The summed E-state index contributed by atoms with van der Waals surface area (Å²) in [5.41, 5.74) is 0.823. The summed E-state index contributed by atoms with van der Waals surface area (Å²) in [6.45, 7) is 12.4. The Hall–Kier alpha value is -0.0800. The van der Waals surface area contributed by atoms with Crippen LogP contribution in [0.15, 0.2) is 0 Å². The SMILES string of the molecule is CC1(C)CCC[C@]2(C)[C@H]1CC[C@]1(C)O[C@@](C)(CCO)CC[C@@H]21. The van der Waals surface area contributed by atoms with Gasteiger partial charge in [0.15, 0.2) is 0 Å². The molecule has 1 saturated heterocycles. The maximum Gasteiger partial charge on any atom is 0.0695 e. The van der Waals surface area contributed by atoms with Crippen LogP contribution in [0.1, 0.15) is 86.0 Å². The molecule has 0 unspecified atom stereocenters. The third-order valence-corrected chi connectivity index (χ3v) is 7.82. The van der Waals surface area contributed by atoms with Crippen molar-refractivity contribution in [2.75, 3.05) is 6.61 Å². The molecule has 3 rings (SSSR count). The maximum absolute atomic E-state index is 9.39. The van der Waals surface area contributed by atoms with Crippen LogP contribution >= 0.6 is 0 Å². The Kier molecular flexibility index (Phi) is 3.97.